The number of anilines is 1. The van der Waals surface area contributed by atoms with Crippen LogP contribution in [0.1, 0.15) is 26.3 Å². The molecule has 3 rings (SSSR count). The van der Waals surface area contributed by atoms with Crippen molar-refractivity contribution in [1.29, 1.82) is 0 Å². The van der Waals surface area contributed by atoms with E-state index in [1.807, 2.05) is 0 Å². The van der Waals surface area contributed by atoms with Gasteiger partial charge >= 0.3 is 5.97 Å². The van der Waals surface area contributed by atoms with E-state index in [0.29, 0.717) is 5.56 Å². The summed E-state index contributed by atoms with van der Waals surface area (Å²) < 4.78 is 32.7. The van der Waals surface area contributed by atoms with Crippen molar-refractivity contribution in [2.24, 2.45) is 0 Å². The quantitative estimate of drug-likeness (QED) is 0.510. The Morgan fingerprint density at radius 1 is 0.821 bits per heavy atom. The van der Waals surface area contributed by atoms with Crippen molar-refractivity contribution < 1.29 is 22.7 Å². The lowest BCUT2D eigenvalue weighted by molar-refractivity contribution is 0.0600. The molecule has 0 saturated carbocycles. The molecule has 0 aromatic heterocycles. The molecule has 1 N–H and O–H groups in total. The smallest absolute Gasteiger partial charge is 0.337 e. The predicted octanol–water partition coefficient (Wildman–Crippen LogP) is 3.51. The third-order valence-electron chi connectivity index (χ3n) is 4.02. The maximum Gasteiger partial charge on any atom is 0.337 e. The fraction of sp³-hybridized carbons (Fsp3) is 0.0476. The molecule has 142 valence electrons. The van der Waals surface area contributed by atoms with Crippen LogP contribution >= 0.6 is 0 Å². The Kier molecular flexibility index (Phi) is 5.56. The molecule has 0 atom stereocenters. The van der Waals surface area contributed by atoms with Crippen molar-refractivity contribution in [2.75, 3.05) is 11.8 Å². The number of methoxy groups -OCH3 is 1. The van der Waals surface area contributed by atoms with E-state index in [4.69, 9.17) is 0 Å². The normalized spacial score (nSPS) is 10.9. The van der Waals surface area contributed by atoms with Gasteiger partial charge in [0, 0.05) is 11.1 Å². The van der Waals surface area contributed by atoms with Crippen molar-refractivity contribution in [3.63, 3.8) is 0 Å². The Morgan fingerprint density at radius 3 is 2.18 bits per heavy atom. The largest absolute Gasteiger partial charge is 0.465 e. The molecule has 7 heteroatoms. The molecule has 3 aromatic carbocycles. The van der Waals surface area contributed by atoms with Gasteiger partial charge in [-0.1, -0.05) is 48.5 Å². The van der Waals surface area contributed by atoms with Crippen molar-refractivity contribution in [2.45, 2.75) is 4.90 Å². The summed E-state index contributed by atoms with van der Waals surface area (Å²) in [4.78, 5) is 24.3. The zero-order valence-electron chi connectivity index (χ0n) is 15.0. The minimum atomic E-state index is -4.03. The average molecular weight is 395 g/mol. The first kappa shape index (κ1) is 19.3. The van der Waals surface area contributed by atoms with E-state index in [1.54, 1.807) is 48.5 Å². The van der Waals surface area contributed by atoms with E-state index in [-0.39, 0.29) is 27.5 Å². The molecule has 0 saturated heterocycles. The van der Waals surface area contributed by atoms with Gasteiger partial charge < -0.3 is 4.74 Å². The average Bonchev–Trinajstić information content (AvgIpc) is 2.73. The minimum Gasteiger partial charge on any atom is -0.465 e. The Hall–Kier alpha value is -3.45. The van der Waals surface area contributed by atoms with Gasteiger partial charge in [0.2, 0.25) is 0 Å². The van der Waals surface area contributed by atoms with Crippen LogP contribution in [0.2, 0.25) is 0 Å². The highest BCUT2D eigenvalue weighted by Gasteiger charge is 2.20. The molecule has 3 aromatic rings. The number of carbonyl (C=O) groups is 2. The summed E-state index contributed by atoms with van der Waals surface area (Å²) in [7, 11) is -2.81. The van der Waals surface area contributed by atoms with E-state index in [1.165, 1.54) is 37.4 Å². The van der Waals surface area contributed by atoms with Gasteiger partial charge in [-0.05, 0) is 30.3 Å². The Balaban J connectivity index is 1.96. The third kappa shape index (κ3) is 4.10. The number of ketones is 1. The summed E-state index contributed by atoms with van der Waals surface area (Å²) >= 11 is 0. The van der Waals surface area contributed by atoms with Crippen LogP contribution in [0.4, 0.5) is 5.69 Å². The van der Waals surface area contributed by atoms with Gasteiger partial charge in [-0.25, -0.2) is 13.2 Å². The van der Waals surface area contributed by atoms with Gasteiger partial charge in [0.15, 0.2) is 5.78 Å². The standard InChI is InChI=1S/C21H17NO5S/c1-27-21(24)16-10-7-11-17(14-16)28(25,26)22-19-13-6-5-12-18(19)20(23)15-8-3-2-4-9-15/h2-14,22H,1H3. The lowest BCUT2D eigenvalue weighted by Crippen LogP contribution is -2.16. The molecule has 0 aliphatic rings. The zero-order chi connectivity index (χ0) is 20.1. The summed E-state index contributed by atoms with van der Waals surface area (Å²) in [6.45, 7) is 0. The number of hydrogen-bond acceptors (Lipinski definition) is 5. The molecule has 0 unspecified atom stereocenters. The van der Waals surface area contributed by atoms with Crippen LogP contribution in [-0.4, -0.2) is 27.3 Å². The summed E-state index contributed by atoms with van der Waals surface area (Å²) in [6.07, 6.45) is 0. The Labute approximate surface area is 162 Å². The summed E-state index contributed by atoms with van der Waals surface area (Å²) in [5, 5.41) is 0. The number of sulfonamides is 1. The molecule has 28 heavy (non-hydrogen) atoms. The summed E-state index contributed by atoms with van der Waals surface area (Å²) in [5.41, 5.74) is 0.932. The van der Waals surface area contributed by atoms with E-state index in [2.05, 4.69) is 9.46 Å². The van der Waals surface area contributed by atoms with Gasteiger partial charge in [0.25, 0.3) is 10.0 Å². The molecular formula is C21H17NO5S. The van der Waals surface area contributed by atoms with Crippen molar-refractivity contribution in [3.05, 3.63) is 95.6 Å². The number of carbonyl (C=O) groups excluding carboxylic acids is 2. The molecule has 6 nitrogen and oxygen atoms in total. The van der Waals surface area contributed by atoms with Crippen molar-refractivity contribution in [3.8, 4) is 0 Å². The molecule has 0 aliphatic heterocycles. The fourth-order valence-electron chi connectivity index (χ4n) is 2.63. The number of rotatable bonds is 6. The van der Waals surface area contributed by atoms with Crippen molar-refractivity contribution >= 4 is 27.5 Å². The van der Waals surface area contributed by atoms with E-state index in [9.17, 15) is 18.0 Å². The van der Waals surface area contributed by atoms with E-state index in [0.717, 1.165) is 0 Å². The van der Waals surface area contributed by atoms with Crippen LogP contribution in [-0.2, 0) is 14.8 Å². The first-order chi connectivity index (χ1) is 13.4. The van der Waals surface area contributed by atoms with Gasteiger partial charge in [-0.2, -0.15) is 0 Å². The second kappa shape index (κ2) is 8.06. The molecule has 0 spiro atoms. The highest BCUT2D eigenvalue weighted by atomic mass is 32.2. The fourth-order valence-corrected chi connectivity index (χ4v) is 3.75. The first-order valence-corrected chi connectivity index (χ1v) is 9.80. The predicted molar refractivity (Wildman–Crippen MR) is 105 cm³/mol. The number of nitrogens with one attached hydrogen (secondary N) is 1. The highest BCUT2D eigenvalue weighted by molar-refractivity contribution is 7.92. The molecule has 0 amide bonds. The Morgan fingerprint density at radius 2 is 1.46 bits per heavy atom. The van der Waals surface area contributed by atoms with Gasteiger partial charge in [-0.15, -0.1) is 0 Å². The maximum atomic E-state index is 12.8. The van der Waals surface area contributed by atoms with Crippen LogP contribution in [0.3, 0.4) is 0 Å². The van der Waals surface area contributed by atoms with Crippen LogP contribution in [0.5, 0.6) is 0 Å². The van der Waals surface area contributed by atoms with E-state index < -0.39 is 16.0 Å². The number of hydrogen-bond donors (Lipinski definition) is 1. The minimum absolute atomic E-state index is 0.110. The van der Waals surface area contributed by atoms with Gasteiger partial charge in [0.05, 0.1) is 23.3 Å². The second-order valence-electron chi connectivity index (χ2n) is 5.87. The molecule has 0 fully saturated rings. The van der Waals surface area contributed by atoms with Crippen LogP contribution in [0, 0.1) is 0 Å². The molecule has 0 radical (unpaired) electrons. The number of para-hydroxylation sites is 1. The SMILES string of the molecule is COC(=O)c1cccc(S(=O)(=O)Nc2ccccc2C(=O)c2ccccc2)c1. The molecule has 0 heterocycles. The number of esters is 1. The lowest BCUT2D eigenvalue weighted by Gasteiger charge is -2.12. The third-order valence-corrected chi connectivity index (χ3v) is 5.38. The summed E-state index contributed by atoms with van der Waals surface area (Å²) in [5.74, 6) is -0.945. The second-order valence-corrected chi connectivity index (χ2v) is 7.55. The summed E-state index contributed by atoms with van der Waals surface area (Å²) in [6, 6.07) is 20.4. The molecule has 0 bridgehead atoms. The molecular weight excluding hydrogens is 378 g/mol. The molecule has 0 aliphatic carbocycles. The first-order valence-electron chi connectivity index (χ1n) is 8.32. The van der Waals surface area contributed by atoms with Gasteiger partial charge in [0.1, 0.15) is 0 Å². The Bertz CT molecular complexity index is 1120. The number of benzene rings is 3. The van der Waals surface area contributed by atoms with Crippen LogP contribution in [0.25, 0.3) is 0 Å². The zero-order valence-corrected chi connectivity index (χ0v) is 15.8. The maximum absolute atomic E-state index is 12.8. The van der Waals surface area contributed by atoms with Crippen LogP contribution < -0.4 is 4.72 Å². The highest BCUT2D eigenvalue weighted by Crippen LogP contribution is 2.23. The lowest BCUT2D eigenvalue weighted by atomic mass is 10.0. The van der Waals surface area contributed by atoms with E-state index >= 15 is 0 Å². The topological polar surface area (TPSA) is 89.5 Å². The monoisotopic (exact) mass is 395 g/mol. The van der Waals surface area contributed by atoms with Crippen molar-refractivity contribution in [1.82, 2.24) is 0 Å². The van der Waals surface area contributed by atoms with Crippen LogP contribution in [0.15, 0.2) is 83.8 Å². The number of ether oxygens (including phenoxy) is 1. The van der Waals surface area contributed by atoms with Gasteiger partial charge in [-0.3, -0.25) is 9.52 Å².